The van der Waals surface area contributed by atoms with Gasteiger partial charge in [0.25, 0.3) is 5.89 Å². The first-order valence-electron chi connectivity index (χ1n) is 4.18. The Bertz CT molecular complexity index is 468. The molecule has 0 radical (unpaired) electrons. The molecule has 0 fully saturated rings. The molecule has 0 spiro atoms. The number of hydrogen-bond donors (Lipinski definition) is 1. The average Bonchev–Trinajstić information content (AvgIpc) is 2.73. The molecule has 2 N–H and O–H groups in total. The molecule has 2 aromatic rings. The summed E-state index contributed by atoms with van der Waals surface area (Å²) in [5, 5.41) is 3.77. The van der Waals surface area contributed by atoms with Crippen LogP contribution in [0.15, 0.2) is 10.6 Å². The van der Waals surface area contributed by atoms with Gasteiger partial charge in [0.2, 0.25) is 0 Å². The van der Waals surface area contributed by atoms with Gasteiger partial charge < -0.3 is 10.3 Å². The highest BCUT2D eigenvalue weighted by Gasteiger charge is 2.14. The SMILES string of the molecule is NCCc1noc(-c2cc(Cl)sc2Cl)n1. The molecule has 0 aromatic carbocycles. The van der Waals surface area contributed by atoms with Gasteiger partial charge in [-0.2, -0.15) is 4.98 Å². The first-order chi connectivity index (χ1) is 7.20. The van der Waals surface area contributed by atoms with Gasteiger partial charge in [-0.15, -0.1) is 11.3 Å². The molecule has 4 nitrogen and oxygen atoms in total. The monoisotopic (exact) mass is 263 g/mol. The van der Waals surface area contributed by atoms with Gasteiger partial charge >= 0.3 is 0 Å². The summed E-state index contributed by atoms with van der Waals surface area (Å²) >= 11 is 13.0. The number of thiophene rings is 1. The van der Waals surface area contributed by atoms with Gasteiger partial charge in [0.1, 0.15) is 4.34 Å². The predicted octanol–water partition coefficient (Wildman–Crippen LogP) is 2.61. The molecule has 0 aliphatic rings. The van der Waals surface area contributed by atoms with E-state index in [2.05, 4.69) is 10.1 Å². The van der Waals surface area contributed by atoms with Crippen LogP contribution in [0.1, 0.15) is 5.82 Å². The molecule has 2 rings (SSSR count). The van der Waals surface area contributed by atoms with Gasteiger partial charge in [-0.3, -0.25) is 0 Å². The molecule has 0 aliphatic heterocycles. The van der Waals surface area contributed by atoms with Crippen molar-refractivity contribution in [3.8, 4) is 11.5 Å². The zero-order valence-electron chi connectivity index (χ0n) is 7.54. The van der Waals surface area contributed by atoms with Crippen molar-refractivity contribution in [2.45, 2.75) is 6.42 Å². The van der Waals surface area contributed by atoms with Crippen molar-refractivity contribution in [3.63, 3.8) is 0 Å². The van der Waals surface area contributed by atoms with Gasteiger partial charge in [-0.1, -0.05) is 28.4 Å². The van der Waals surface area contributed by atoms with Crippen LogP contribution in [-0.2, 0) is 6.42 Å². The Hall–Kier alpha value is -0.620. The Morgan fingerprint density at radius 3 is 2.87 bits per heavy atom. The molecule has 0 saturated heterocycles. The number of nitrogens with two attached hydrogens (primary N) is 1. The van der Waals surface area contributed by atoms with E-state index in [1.165, 1.54) is 11.3 Å². The minimum absolute atomic E-state index is 0.381. The Balaban J connectivity index is 2.32. The Kier molecular flexibility index (Phi) is 3.25. The summed E-state index contributed by atoms with van der Waals surface area (Å²) in [4.78, 5) is 4.15. The van der Waals surface area contributed by atoms with Crippen molar-refractivity contribution in [3.05, 3.63) is 20.6 Å². The molecule has 0 atom stereocenters. The number of nitrogens with zero attached hydrogens (tertiary/aromatic N) is 2. The molecule has 2 aromatic heterocycles. The fourth-order valence-electron chi connectivity index (χ4n) is 1.08. The molecule has 0 aliphatic carbocycles. The smallest absolute Gasteiger partial charge is 0.260 e. The molecular formula is C8H7Cl2N3OS. The highest BCUT2D eigenvalue weighted by molar-refractivity contribution is 7.20. The van der Waals surface area contributed by atoms with Crippen LogP contribution in [0.25, 0.3) is 11.5 Å². The van der Waals surface area contributed by atoms with Crippen LogP contribution in [0, 0.1) is 0 Å². The lowest BCUT2D eigenvalue weighted by molar-refractivity contribution is 0.423. The zero-order valence-corrected chi connectivity index (χ0v) is 9.86. The summed E-state index contributed by atoms with van der Waals surface area (Å²) in [5.41, 5.74) is 6.04. The zero-order chi connectivity index (χ0) is 10.8. The molecule has 0 bridgehead atoms. The summed E-state index contributed by atoms with van der Waals surface area (Å²) in [6.07, 6.45) is 0.582. The van der Waals surface area contributed by atoms with Gasteiger partial charge in [-0.05, 0) is 12.6 Å². The fraction of sp³-hybridized carbons (Fsp3) is 0.250. The molecule has 2 heterocycles. The Morgan fingerprint density at radius 1 is 1.47 bits per heavy atom. The summed E-state index contributed by atoms with van der Waals surface area (Å²) in [5.74, 6) is 0.956. The van der Waals surface area contributed by atoms with E-state index >= 15 is 0 Å². The lowest BCUT2D eigenvalue weighted by atomic mass is 10.3. The molecule has 15 heavy (non-hydrogen) atoms. The number of aromatic nitrogens is 2. The third-order valence-corrected chi connectivity index (χ3v) is 3.21. The average molecular weight is 264 g/mol. The van der Waals surface area contributed by atoms with Crippen LogP contribution in [0.3, 0.4) is 0 Å². The third-order valence-electron chi connectivity index (χ3n) is 1.72. The fourth-order valence-corrected chi connectivity index (χ4v) is 2.53. The van der Waals surface area contributed by atoms with E-state index < -0.39 is 0 Å². The van der Waals surface area contributed by atoms with E-state index in [1.54, 1.807) is 6.07 Å². The van der Waals surface area contributed by atoms with Gasteiger partial charge in [-0.25, -0.2) is 0 Å². The second kappa shape index (κ2) is 4.49. The lowest BCUT2D eigenvalue weighted by Crippen LogP contribution is -2.03. The molecule has 0 saturated carbocycles. The first kappa shape index (κ1) is 10.9. The predicted molar refractivity (Wildman–Crippen MR) is 60.4 cm³/mol. The van der Waals surface area contributed by atoms with Crippen molar-refractivity contribution in [2.24, 2.45) is 5.73 Å². The van der Waals surface area contributed by atoms with E-state index in [0.29, 0.717) is 38.9 Å². The highest BCUT2D eigenvalue weighted by Crippen LogP contribution is 2.37. The van der Waals surface area contributed by atoms with Crippen LogP contribution >= 0.6 is 34.5 Å². The van der Waals surface area contributed by atoms with Gasteiger partial charge in [0.05, 0.1) is 9.90 Å². The second-order valence-electron chi connectivity index (χ2n) is 2.79. The second-order valence-corrected chi connectivity index (χ2v) is 5.08. The van der Waals surface area contributed by atoms with Crippen LogP contribution in [0.4, 0.5) is 0 Å². The first-order valence-corrected chi connectivity index (χ1v) is 5.76. The van der Waals surface area contributed by atoms with Crippen LogP contribution < -0.4 is 5.73 Å². The van der Waals surface area contributed by atoms with Crippen molar-refractivity contribution < 1.29 is 4.52 Å². The maximum absolute atomic E-state index is 5.95. The topological polar surface area (TPSA) is 64.9 Å². The van der Waals surface area contributed by atoms with Crippen molar-refractivity contribution in [2.75, 3.05) is 6.54 Å². The molecule has 0 unspecified atom stereocenters. The van der Waals surface area contributed by atoms with E-state index in [0.717, 1.165) is 0 Å². The van der Waals surface area contributed by atoms with Crippen molar-refractivity contribution in [1.29, 1.82) is 0 Å². The minimum atomic E-state index is 0.381. The van der Waals surface area contributed by atoms with Crippen molar-refractivity contribution >= 4 is 34.5 Å². The maximum Gasteiger partial charge on any atom is 0.260 e. The summed E-state index contributed by atoms with van der Waals surface area (Å²) in [6, 6.07) is 1.70. The Morgan fingerprint density at radius 2 is 2.27 bits per heavy atom. The highest BCUT2D eigenvalue weighted by atomic mass is 35.5. The summed E-state index contributed by atoms with van der Waals surface area (Å²) in [7, 11) is 0. The molecule has 0 amide bonds. The molecule has 80 valence electrons. The van der Waals surface area contributed by atoms with Crippen LogP contribution in [0.5, 0.6) is 0 Å². The number of rotatable bonds is 3. The van der Waals surface area contributed by atoms with E-state index in [9.17, 15) is 0 Å². The van der Waals surface area contributed by atoms with Crippen molar-refractivity contribution in [1.82, 2.24) is 10.1 Å². The quantitative estimate of drug-likeness (QED) is 0.925. The lowest BCUT2D eigenvalue weighted by Gasteiger charge is -1.87. The molecule has 7 heteroatoms. The van der Waals surface area contributed by atoms with E-state index in [1.807, 2.05) is 0 Å². The van der Waals surface area contributed by atoms with Gasteiger partial charge in [0, 0.05) is 6.42 Å². The number of hydrogen-bond acceptors (Lipinski definition) is 5. The third kappa shape index (κ3) is 2.31. The Labute approximate surface area is 100.0 Å². The van der Waals surface area contributed by atoms with E-state index in [4.69, 9.17) is 33.5 Å². The van der Waals surface area contributed by atoms with Crippen LogP contribution in [0.2, 0.25) is 8.67 Å². The van der Waals surface area contributed by atoms with Gasteiger partial charge in [0.15, 0.2) is 5.82 Å². The summed E-state index contributed by atoms with van der Waals surface area (Å²) < 4.78 is 6.18. The standard InChI is InChI=1S/C8H7Cl2N3OS/c9-5-3-4(7(10)15-5)8-12-6(1-2-11)13-14-8/h3H,1-2,11H2. The minimum Gasteiger partial charge on any atom is -0.334 e. The normalized spacial score (nSPS) is 10.9. The van der Waals surface area contributed by atoms with E-state index in [-0.39, 0.29) is 0 Å². The van der Waals surface area contributed by atoms with Crippen LogP contribution in [-0.4, -0.2) is 16.7 Å². The summed E-state index contributed by atoms with van der Waals surface area (Å²) in [6.45, 7) is 0.483. The maximum atomic E-state index is 5.95. The number of halogens is 2. The largest absolute Gasteiger partial charge is 0.334 e. The molecular weight excluding hydrogens is 257 g/mol.